The summed E-state index contributed by atoms with van der Waals surface area (Å²) in [4.78, 5) is 30.3. The van der Waals surface area contributed by atoms with Gasteiger partial charge in [0.1, 0.15) is 5.69 Å². The monoisotopic (exact) mass is 395 g/mol. The van der Waals surface area contributed by atoms with E-state index in [0.717, 1.165) is 34.1 Å². The highest BCUT2D eigenvalue weighted by molar-refractivity contribution is 6.07. The molecule has 0 saturated carbocycles. The molecule has 0 saturated heterocycles. The van der Waals surface area contributed by atoms with Crippen LogP contribution in [0.3, 0.4) is 0 Å². The van der Waals surface area contributed by atoms with Crippen LogP contribution in [-0.4, -0.2) is 23.3 Å². The number of carbonyl (C=O) groups is 2. The van der Waals surface area contributed by atoms with Crippen LogP contribution in [0.25, 0.3) is 10.9 Å². The van der Waals surface area contributed by atoms with E-state index >= 15 is 0 Å². The summed E-state index contributed by atoms with van der Waals surface area (Å²) in [5.41, 5.74) is 5.30. The van der Waals surface area contributed by atoms with E-state index in [1.807, 2.05) is 77.7 Å². The number of hydrogen-bond acceptors (Lipinski definition) is 2. The minimum atomic E-state index is -0.132. The van der Waals surface area contributed by atoms with E-state index in [2.05, 4.69) is 16.4 Å². The number of rotatable bonds is 4. The summed E-state index contributed by atoms with van der Waals surface area (Å²) in [5.74, 6) is -0.109. The Morgan fingerprint density at radius 3 is 2.57 bits per heavy atom. The molecule has 5 rings (SSSR count). The Labute approximate surface area is 174 Å². The van der Waals surface area contributed by atoms with Crippen LogP contribution < -0.4 is 10.2 Å². The Balaban J connectivity index is 1.28. The van der Waals surface area contributed by atoms with E-state index in [1.165, 1.54) is 0 Å². The first-order chi connectivity index (χ1) is 14.7. The number of nitrogens with one attached hydrogen (secondary N) is 2. The zero-order valence-corrected chi connectivity index (χ0v) is 16.4. The molecule has 30 heavy (non-hydrogen) atoms. The Kier molecular flexibility index (Phi) is 4.56. The molecule has 2 N–H and O–H groups in total. The smallest absolute Gasteiger partial charge is 0.267 e. The molecule has 0 fully saturated rings. The topological polar surface area (TPSA) is 65.2 Å². The highest BCUT2D eigenvalue weighted by atomic mass is 16.2. The Bertz CT molecular complexity index is 1210. The summed E-state index contributed by atoms with van der Waals surface area (Å²) in [6.07, 6.45) is 0.817. The number of aromatic amines is 1. The van der Waals surface area contributed by atoms with Gasteiger partial charge < -0.3 is 15.2 Å². The molecule has 0 bridgehead atoms. The predicted molar refractivity (Wildman–Crippen MR) is 118 cm³/mol. The normalized spacial score (nSPS) is 12.7. The van der Waals surface area contributed by atoms with Crippen molar-refractivity contribution >= 4 is 28.4 Å². The first kappa shape index (κ1) is 18.2. The SMILES string of the molecule is O=C(NCc1ccc2c(c1)CCN2C(=O)c1ccccc1)c1cc2ccccc2[nH]1. The minimum Gasteiger partial charge on any atom is -0.351 e. The lowest BCUT2D eigenvalue weighted by Crippen LogP contribution is -2.28. The van der Waals surface area contributed by atoms with Gasteiger partial charge in [-0.2, -0.15) is 0 Å². The number of para-hydroxylation sites is 1. The quantitative estimate of drug-likeness (QED) is 0.541. The van der Waals surface area contributed by atoms with Gasteiger partial charge in [0.15, 0.2) is 0 Å². The van der Waals surface area contributed by atoms with Gasteiger partial charge in [0, 0.05) is 35.2 Å². The van der Waals surface area contributed by atoms with Gasteiger partial charge in [-0.3, -0.25) is 9.59 Å². The summed E-state index contributed by atoms with van der Waals surface area (Å²) in [7, 11) is 0. The molecule has 3 aromatic carbocycles. The number of fused-ring (bicyclic) bond motifs is 2. The van der Waals surface area contributed by atoms with E-state index in [4.69, 9.17) is 0 Å². The lowest BCUT2D eigenvalue weighted by Gasteiger charge is -2.17. The van der Waals surface area contributed by atoms with E-state index in [9.17, 15) is 9.59 Å². The van der Waals surface area contributed by atoms with Crippen LogP contribution in [0.4, 0.5) is 5.69 Å². The van der Waals surface area contributed by atoms with Crippen LogP contribution in [0.2, 0.25) is 0 Å². The average Bonchev–Trinajstić information content (AvgIpc) is 3.41. The summed E-state index contributed by atoms with van der Waals surface area (Å²) >= 11 is 0. The second kappa shape index (κ2) is 7.52. The van der Waals surface area contributed by atoms with Gasteiger partial charge in [0.25, 0.3) is 11.8 Å². The first-order valence-electron chi connectivity index (χ1n) is 10.0. The number of benzene rings is 3. The molecule has 2 heterocycles. The standard InChI is InChI=1S/C25H21N3O2/c29-24(22-15-19-8-4-5-9-21(19)27-22)26-16-17-10-11-23-20(14-17)12-13-28(23)25(30)18-6-2-1-3-7-18/h1-11,14-15,27H,12-13,16H2,(H,26,29). The molecule has 5 heteroatoms. The summed E-state index contributed by atoms with van der Waals surface area (Å²) in [6.45, 7) is 1.11. The number of anilines is 1. The molecule has 2 amide bonds. The maximum atomic E-state index is 12.8. The van der Waals surface area contributed by atoms with E-state index in [1.54, 1.807) is 0 Å². The second-order valence-electron chi connectivity index (χ2n) is 7.49. The number of aromatic nitrogens is 1. The van der Waals surface area contributed by atoms with Crippen LogP contribution in [0.1, 0.15) is 32.0 Å². The van der Waals surface area contributed by atoms with Crippen LogP contribution in [0, 0.1) is 0 Å². The number of amides is 2. The highest BCUT2D eigenvalue weighted by Crippen LogP contribution is 2.30. The number of hydrogen-bond donors (Lipinski definition) is 2. The third-order valence-electron chi connectivity index (χ3n) is 5.53. The zero-order valence-electron chi connectivity index (χ0n) is 16.4. The molecule has 1 aliphatic heterocycles. The molecule has 0 unspecified atom stereocenters. The van der Waals surface area contributed by atoms with Crippen molar-refractivity contribution in [3.05, 3.63) is 101 Å². The average molecular weight is 395 g/mol. The lowest BCUT2D eigenvalue weighted by molar-refractivity contribution is 0.0945. The maximum Gasteiger partial charge on any atom is 0.267 e. The molecule has 0 radical (unpaired) electrons. The van der Waals surface area contributed by atoms with Crippen molar-refractivity contribution in [1.82, 2.24) is 10.3 Å². The Hall–Kier alpha value is -3.86. The number of nitrogens with zero attached hydrogens (tertiary/aromatic N) is 1. The Morgan fingerprint density at radius 2 is 1.73 bits per heavy atom. The van der Waals surface area contributed by atoms with E-state index < -0.39 is 0 Å². The molecule has 0 atom stereocenters. The van der Waals surface area contributed by atoms with Gasteiger partial charge in [-0.15, -0.1) is 0 Å². The van der Waals surface area contributed by atoms with Gasteiger partial charge >= 0.3 is 0 Å². The van der Waals surface area contributed by atoms with Gasteiger partial charge in [-0.1, -0.05) is 48.5 Å². The van der Waals surface area contributed by atoms with Crippen molar-refractivity contribution in [3.8, 4) is 0 Å². The van der Waals surface area contributed by atoms with Crippen LogP contribution in [-0.2, 0) is 13.0 Å². The number of carbonyl (C=O) groups excluding carboxylic acids is 2. The van der Waals surface area contributed by atoms with Crippen LogP contribution in [0.5, 0.6) is 0 Å². The lowest BCUT2D eigenvalue weighted by atomic mass is 10.1. The van der Waals surface area contributed by atoms with Gasteiger partial charge in [0.05, 0.1) is 0 Å². The van der Waals surface area contributed by atoms with Crippen molar-refractivity contribution in [3.63, 3.8) is 0 Å². The van der Waals surface area contributed by atoms with Crippen LogP contribution >= 0.6 is 0 Å². The third kappa shape index (κ3) is 3.35. The first-order valence-corrected chi connectivity index (χ1v) is 10.0. The molecule has 4 aromatic rings. The summed E-state index contributed by atoms with van der Waals surface area (Å²) in [6, 6.07) is 25.1. The zero-order chi connectivity index (χ0) is 20.5. The maximum absolute atomic E-state index is 12.8. The predicted octanol–water partition coefficient (Wildman–Crippen LogP) is 4.30. The van der Waals surface area contributed by atoms with Crippen molar-refractivity contribution in [2.45, 2.75) is 13.0 Å². The van der Waals surface area contributed by atoms with E-state index in [-0.39, 0.29) is 11.8 Å². The largest absolute Gasteiger partial charge is 0.351 e. The van der Waals surface area contributed by atoms with Crippen molar-refractivity contribution in [2.75, 3.05) is 11.4 Å². The molecular formula is C25H21N3O2. The van der Waals surface area contributed by atoms with Gasteiger partial charge in [-0.25, -0.2) is 0 Å². The molecule has 148 valence electrons. The second-order valence-corrected chi connectivity index (χ2v) is 7.49. The molecule has 0 aliphatic carbocycles. The molecular weight excluding hydrogens is 374 g/mol. The third-order valence-corrected chi connectivity index (χ3v) is 5.53. The van der Waals surface area contributed by atoms with E-state index in [0.29, 0.717) is 24.3 Å². The number of H-pyrrole nitrogens is 1. The molecule has 1 aliphatic rings. The molecule has 0 spiro atoms. The van der Waals surface area contributed by atoms with Gasteiger partial charge in [-0.05, 0) is 47.9 Å². The summed E-state index contributed by atoms with van der Waals surface area (Å²) < 4.78 is 0. The highest BCUT2D eigenvalue weighted by Gasteiger charge is 2.25. The Morgan fingerprint density at radius 1 is 0.933 bits per heavy atom. The molecule has 1 aromatic heterocycles. The fraction of sp³-hybridized carbons (Fsp3) is 0.120. The van der Waals surface area contributed by atoms with Gasteiger partial charge in [0.2, 0.25) is 0 Å². The fourth-order valence-electron chi connectivity index (χ4n) is 3.99. The van der Waals surface area contributed by atoms with Crippen molar-refractivity contribution < 1.29 is 9.59 Å². The minimum absolute atomic E-state index is 0.0224. The molecule has 5 nitrogen and oxygen atoms in total. The van der Waals surface area contributed by atoms with Crippen molar-refractivity contribution in [1.29, 1.82) is 0 Å². The summed E-state index contributed by atoms with van der Waals surface area (Å²) in [5, 5.41) is 3.99. The fourth-order valence-corrected chi connectivity index (χ4v) is 3.99. The van der Waals surface area contributed by atoms with Crippen molar-refractivity contribution in [2.24, 2.45) is 0 Å². The van der Waals surface area contributed by atoms with Crippen LogP contribution in [0.15, 0.2) is 78.9 Å².